The van der Waals surface area contributed by atoms with Crippen molar-refractivity contribution in [1.82, 2.24) is 9.97 Å². The molecule has 1 heterocycles. The number of anilines is 3. The van der Waals surface area contributed by atoms with Crippen LogP contribution in [0.25, 0.3) is 11.3 Å². The van der Waals surface area contributed by atoms with Crippen molar-refractivity contribution in [1.29, 1.82) is 0 Å². The molecule has 31 heavy (non-hydrogen) atoms. The van der Waals surface area contributed by atoms with Crippen LogP contribution in [0, 0.1) is 5.82 Å². The quantitative estimate of drug-likeness (QED) is 0.385. The van der Waals surface area contributed by atoms with Gasteiger partial charge < -0.3 is 15.4 Å². The number of benzene rings is 2. The SMILES string of the molecule is CC[C@H](C)Nc1nc(Nc2cc(Cl)ccc2F)cc(-c2cccc(OC(F)(F)F)c2)n1. The fraction of sp³-hybridized carbons (Fsp3) is 0.238. The van der Waals surface area contributed by atoms with Gasteiger partial charge in [0.05, 0.1) is 11.4 Å². The van der Waals surface area contributed by atoms with E-state index in [4.69, 9.17) is 11.6 Å². The van der Waals surface area contributed by atoms with Gasteiger partial charge >= 0.3 is 6.36 Å². The minimum Gasteiger partial charge on any atom is -0.406 e. The number of nitrogens with one attached hydrogen (secondary N) is 2. The first-order valence-corrected chi connectivity index (χ1v) is 9.74. The number of nitrogens with zero attached hydrogens (tertiary/aromatic N) is 2. The van der Waals surface area contributed by atoms with Crippen LogP contribution >= 0.6 is 11.6 Å². The maximum atomic E-state index is 14.2. The van der Waals surface area contributed by atoms with Gasteiger partial charge in [-0.25, -0.2) is 9.37 Å². The predicted molar refractivity (Wildman–Crippen MR) is 112 cm³/mol. The number of ether oxygens (including phenoxy) is 1. The highest BCUT2D eigenvalue weighted by molar-refractivity contribution is 6.30. The molecule has 0 bridgehead atoms. The van der Waals surface area contributed by atoms with Gasteiger partial charge in [-0.1, -0.05) is 30.7 Å². The van der Waals surface area contributed by atoms with Gasteiger partial charge in [-0.2, -0.15) is 4.98 Å². The zero-order valence-corrected chi connectivity index (χ0v) is 17.4. The Kier molecular flexibility index (Phi) is 6.84. The predicted octanol–water partition coefficient (Wildman–Crippen LogP) is 6.79. The van der Waals surface area contributed by atoms with Crippen molar-refractivity contribution in [3.63, 3.8) is 0 Å². The fourth-order valence-corrected chi connectivity index (χ4v) is 2.80. The summed E-state index contributed by atoms with van der Waals surface area (Å²) in [6.45, 7) is 3.90. The van der Waals surface area contributed by atoms with Crippen molar-refractivity contribution < 1.29 is 22.3 Å². The smallest absolute Gasteiger partial charge is 0.406 e. The molecule has 0 spiro atoms. The molecule has 0 saturated carbocycles. The van der Waals surface area contributed by atoms with Crippen molar-refractivity contribution in [3.05, 3.63) is 59.4 Å². The Bertz CT molecular complexity index is 1060. The van der Waals surface area contributed by atoms with Crippen molar-refractivity contribution in [2.75, 3.05) is 10.6 Å². The Morgan fingerprint density at radius 3 is 2.58 bits per heavy atom. The highest BCUT2D eigenvalue weighted by Crippen LogP contribution is 2.30. The van der Waals surface area contributed by atoms with Crippen molar-refractivity contribution in [3.8, 4) is 17.0 Å². The van der Waals surface area contributed by atoms with Gasteiger partial charge in [0.15, 0.2) is 0 Å². The average Bonchev–Trinajstić information content (AvgIpc) is 2.69. The Hall–Kier alpha value is -3.07. The monoisotopic (exact) mass is 454 g/mol. The van der Waals surface area contributed by atoms with Gasteiger partial charge in [0.1, 0.15) is 17.4 Å². The first-order valence-electron chi connectivity index (χ1n) is 9.37. The maximum absolute atomic E-state index is 14.2. The van der Waals surface area contributed by atoms with E-state index in [-0.39, 0.29) is 29.2 Å². The second-order valence-electron chi connectivity index (χ2n) is 6.74. The molecule has 1 atom stereocenters. The third kappa shape index (κ3) is 6.45. The lowest BCUT2D eigenvalue weighted by Crippen LogP contribution is -2.17. The molecule has 2 aromatic carbocycles. The fourth-order valence-electron chi connectivity index (χ4n) is 2.63. The molecule has 0 radical (unpaired) electrons. The largest absolute Gasteiger partial charge is 0.573 e. The molecule has 0 aliphatic rings. The van der Waals surface area contributed by atoms with Gasteiger partial charge in [0.25, 0.3) is 0 Å². The second kappa shape index (κ2) is 9.38. The van der Waals surface area contributed by atoms with E-state index < -0.39 is 12.2 Å². The zero-order chi connectivity index (χ0) is 22.6. The first kappa shape index (κ1) is 22.6. The lowest BCUT2D eigenvalue weighted by atomic mass is 10.1. The molecule has 1 aromatic heterocycles. The summed E-state index contributed by atoms with van der Waals surface area (Å²) in [4.78, 5) is 8.73. The summed E-state index contributed by atoms with van der Waals surface area (Å²) in [7, 11) is 0. The molecule has 0 unspecified atom stereocenters. The van der Waals surface area contributed by atoms with Crippen molar-refractivity contribution in [2.24, 2.45) is 0 Å². The molecule has 164 valence electrons. The Morgan fingerprint density at radius 2 is 1.87 bits per heavy atom. The minimum atomic E-state index is -4.82. The highest BCUT2D eigenvalue weighted by atomic mass is 35.5. The summed E-state index contributed by atoms with van der Waals surface area (Å²) >= 11 is 5.94. The molecule has 0 fully saturated rings. The van der Waals surface area contributed by atoms with Crippen LogP contribution in [0.15, 0.2) is 48.5 Å². The summed E-state index contributed by atoms with van der Waals surface area (Å²) in [6, 6.07) is 11.0. The molecule has 3 aromatic rings. The lowest BCUT2D eigenvalue weighted by Gasteiger charge is -2.15. The van der Waals surface area contributed by atoms with Crippen LogP contribution in [-0.2, 0) is 0 Å². The Balaban J connectivity index is 2.01. The number of rotatable bonds is 7. The maximum Gasteiger partial charge on any atom is 0.573 e. The summed E-state index contributed by atoms with van der Waals surface area (Å²) < 4.78 is 55.9. The van der Waals surface area contributed by atoms with E-state index >= 15 is 0 Å². The van der Waals surface area contributed by atoms with Gasteiger partial charge in [0.2, 0.25) is 5.95 Å². The lowest BCUT2D eigenvalue weighted by molar-refractivity contribution is -0.274. The molecular weight excluding hydrogens is 436 g/mol. The summed E-state index contributed by atoms with van der Waals surface area (Å²) in [6.07, 6.45) is -4.03. The molecular formula is C21H19ClF4N4O. The van der Waals surface area contributed by atoms with Crippen LogP contribution in [0.4, 0.5) is 35.0 Å². The zero-order valence-electron chi connectivity index (χ0n) is 16.6. The van der Waals surface area contributed by atoms with E-state index in [0.29, 0.717) is 16.3 Å². The number of aromatic nitrogens is 2. The summed E-state index contributed by atoms with van der Waals surface area (Å²) in [5.74, 6) is -0.449. The number of alkyl halides is 3. The van der Waals surface area contributed by atoms with E-state index in [0.717, 1.165) is 6.42 Å². The van der Waals surface area contributed by atoms with E-state index in [2.05, 4.69) is 25.3 Å². The van der Waals surface area contributed by atoms with Crippen LogP contribution < -0.4 is 15.4 Å². The second-order valence-corrected chi connectivity index (χ2v) is 7.18. The topological polar surface area (TPSA) is 59.1 Å². The normalized spacial score (nSPS) is 12.4. The van der Waals surface area contributed by atoms with Gasteiger partial charge in [-0.05, 0) is 43.7 Å². The molecule has 3 rings (SSSR count). The molecule has 0 amide bonds. The average molecular weight is 455 g/mol. The van der Waals surface area contributed by atoms with Crippen LogP contribution in [0.3, 0.4) is 0 Å². The molecule has 0 aliphatic carbocycles. The molecule has 5 nitrogen and oxygen atoms in total. The van der Waals surface area contributed by atoms with Gasteiger partial charge in [0, 0.05) is 22.7 Å². The van der Waals surface area contributed by atoms with Gasteiger partial charge in [-0.3, -0.25) is 0 Å². The third-order valence-electron chi connectivity index (χ3n) is 4.27. The standard InChI is InChI=1S/C21H19ClF4N4O/c1-3-12(2)27-20-29-17(13-5-4-6-15(9-13)31-21(24,25)26)11-19(30-20)28-18-10-14(22)7-8-16(18)23/h4-12H,3H2,1-2H3,(H2,27,28,29,30)/t12-/m0/s1. The molecule has 2 N–H and O–H groups in total. The highest BCUT2D eigenvalue weighted by Gasteiger charge is 2.31. The van der Waals surface area contributed by atoms with E-state index in [1.807, 2.05) is 13.8 Å². The van der Waals surface area contributed by atoms with Crippen LogP contribution in [0.1, 0.15) is 20.3 Å². The van der Waals surface area contributed by atoms with E-state index in [1.54, 1.807) is 6.07 Å². The van der Waals surface area contributed by atoms with E-state index in [1.165, 1.54) is 42.5 Å². The molecule has 0 saturated heterocycles. The van der Waals surface area contributed by atoms with Gasteiger partial charge in [-0.15, -0.1) is 13.2 Å². The summed E-state index contributed by atoms with van der Waals surface area (Å²) in [5, 5.41) is 6.29. The van der Waals surface area contributed by atoms with Crippen LogP contribution in [-0.4, -0.2) is 22.4 Å². The number of halogens is 5. The Morgan fingerprint density at radius 1 is 1.10 bits per heavy atom. The first-order chi connectivity index (χ1) is 14.6. The molecule has 10 heteroatoms. The van der Waals surface area contributed by atoms with Crippen molar-refractivity contribution >= 4 is 29.1 Å². The third-order valence-corrected chi connectivity index (χ3v) is 4.50. The van der Waals surface area contributed by atoms with Crippen molar-refractivity contribution in [2.45, 2.75) is 32.7 Å². The summed E-state index contributed by atoms with van der Waals surface area (Å²) in [5.41, 5.74) is 0.783. The minimum absolute atomic E-state index is 0.0332. The number of hydrogen-bond acceptors (Lipinski definition) is 5. The van der Waals surface area contributed by atoms with Crippen LogP contribution in [0.5, 0.6) is 5.75 Å². The number of hydrogen-bond donors (Lipinski definition) is 2. The van der Waals surface area contributed by atoms with Crippen LogP contribution in [0.2, 0.25) is 5.02 Å². The molecule has 0 aliphatic heterocycles. The van der Waals surface area contributed by atoms with E-state index in [9.17, 15) is 17.6 Å². The Labute approximate surface area is 181 Å².